The van der Waals surface area contributed by atoms with Gasteiger partial charge in [-0.25, -0.2) is 0 Å². The third-order valence-electron chi connectivity index (χ3n) is 4.48. The first-order chi connectivity index (χ1) is 13.8. The van der Waals surface area contributed by atoms with Gasteiger partial charge in [-0.15, -0.1) is 10.2 Å². The number of carbonyl (C=O) groups excluding carboxylic acids is 1. The fourth-order valence-corrected chi connectivity index (χ4v) is 4.07. The number of aromatic nitrogens is 4. The number of aryl methyl sites for hydroxylation is 3. The van der Waals surface area contributed by atoms with Crippen molar-refractivity contribution in [1.29, 1.82) is 0 Å². The third-order valence-corrected chi connectivity index (χ3v) is 5.44. The molecule has 0 saturated heterocycles. The maximum absolute atomic E-state index is 12.6. The topological polar surface area (TPSA) is 72.7 Å². The molecule has 0 fully saturated rings. The van der Waals surface area contributed by atoms with Gasteiger partial charge in [0.05, 0.1) is 5.75 Å². The van der Waals surface area contributed by atoms with Gasteiger partial charge >= 0.3 is 0 Å². The minimum atomic E-state index is -0.0467. The van der Waals surface area contributed by atoms with Gasteiger partial charge in [0.15, 0.2) is 11.0 Å². The van der Waals surface area contributed by atoms with Gasteiger partial charge in [0.25, 0.3) is 0 Å². The minimum absolute atomic E-state index is 0.0467. The Morgan fingerprint density at radius 2 is 1.76 bits per heavy atom. The molecule has 0 saturated carbocycles. The number of carbonyl (C=O) groups is 1. The zero-order valence-electron chi connectivity index (χ0n) is 17.6. The van der Waals surface area contributed by atoms with Crippen LogP contribution in [0.4, 0.5) is 5.69 Å². The van der Waals surface area contributed by atoms with Gasteiger partial charge < -0.3 is 9.88 Å². The van der Waals surface area contributed by atoms with Crippen LogP contribution in [0.1, 0.15) is 30.5 Å². The van der Waals surface area contributed by atoms with Crippen LogP contribution in [0.25, 0.3) is 11.4 Å². The second-order valence-corrected chi connectivity index (χ2v) is 8.60. The summed E-state index contributed by atoms with van der Waals surface area (Å²) >= 11 is 1.41. The van der Waals surface area contributed by atoms with Crippen molar-refractivity contribution in [3.63, 3.8) is 0 Å². The van der Waals surface area contributed by atoms with Gasteiger partial charge in [-0.1, -0.05) is 43.3 Å². The van der Waals surface area contributed by atoms with Crippen LogP contribution in [0.2, 0.25) is 0 Å². The average Bonchev–Trinajstić information content (AvgIpc) is 3.05. The Kier molecular flexibility index (Phi) is 6.69. The van der Waals surface area contributed by atoms with Crippen molar-refractivity contribution >= 4 is 23.4 Å². The maximum atomic E-state index is 12.6. The lowest BCUT2D eigenvalue weighted by Gasteiger charge is -2.14. The second kappa shape index (κ2) is 9.22. The molecule has 29 heavy (non-hydrogen) atoms. The highest BCUT2D eigenvalue weighted by molar-refractivity contribution is 7.99. The van der Waals surface area contributed by atoms with Gasteiger partial charge in [0, 0.05) is 30.2 Å². The molecule has 0 aliphatic rings. The third kappa shape index (κ3) is 5.23. The lowest BCUT2D eigenvalue weighted by Crippen LogP contribution is -2.16. The summed E-state index contributed by atoms with van der Waals surface area (Å²) in [7, 11) is 0. The molecule has 0 atom stereocenters. The van der Waals surface area contributed by atoms with E-state index in [1.54, 1.807) is 12.4 Å². The molecular weight excluding hydrogens is 382 g/mol. The summed E-state index contributed by atoms with van der Waals surface area (Å²) in [5.74, 6) is 1.46. The molecule has 1 amide bonds. The van der Waals surface area contributed by atoms with Gasteiger partial charge in [-0.2, -0.15) is 0 Å². The Balaban J connectivity index is 1.75. The predicted molar refractivity (Wildman–Crippen MR) is 118 cm³/mol. The van der Waals surface area contributed by atoms with Crippen LogP contribution >= 0.6 is 11.8 Å². The Hall–Kier alpha value is -2.67. The molecule has 0 aliphatic heterocycles. The number of nitrogens with zero attached hydrogens (tertiary/aromatic N) is 4. The Morgan fingerprint density at radius 1 is 1.10 bits per heavy atom. The summed E-state index contributed by atoms with van der Waals surface area (Å²) in [5.41, 5.74) is 5.20. The number of amides is 1. The molecule has 1 aromatic carbocycles. The average molecular weight is 410 g/mol. The lowest BCUT2D eigenvalue weighted by molar-refractivity contribution is -0.113. The number of pyridine rings is 1. The van der Waals surface area contributed by atoms with Crippen LogP contribution < -0.4 is 5.32 Å². The van der Waals surface area contributed by atoms with E-state index in [1.807, 2.05) is 26.0 Å². The number of rotatable bonds is 7. The highest BCUT2D eigenvalue weighted by atomic mass is 32.2. The molecule has 0 aliphatic carbocycles. The first-order valence-corrected chi connectivity index (χ1v) is 10.7. The van der Waals surface area contributed by atoms with E-state index in [1.165, 1.54) is 17.3 Å². The van der Waals surface area contributed by atoms with Crippen LogP contribution in [0.3, 0.4) is 0 Å². The molecule has 1 N–H and O–H groups in total. The fourth-order valence-electron chi connectivity index (χ4n) is 3.32. The molecular formula is C22H27N5OS. The van der Waals surface area contributed by atoms with Gasteiger partial charge in [-0.3, -0.25) is 9.78 Å². The molecule has 2 heterocycles. The van der Waals surface area contributed by atoms with E-state index < -0.39 is 0 Å². The summed E-state index contributed by atoms with van der Waals surface area (Å²) in [4.78, 5) is 16.7. The quantitative estimate of drug-likeness (QED) is 0.575. The Morgan fingerprint density at radius 3 is 2.38 bits per heavy atom. The molecule has 0 unspecified atom stereocenters. The first-order valence-electron chi connectivity index (χ1n) is 9.69. The van der Waals surface area contributed by atoms with E-state index in [0.29, 0.717) is 5.92 Å². The molecule has 0 radical (unpaired) electrons. The molecule has 152 valence electrons. The second-order valence-electron chi connectivity index (χ2n) is 7.66. The molecule has 2 aromatic heterocycles. The summed E-state index contributed by atoms with van der Waals surface area (Å²) in [6.45, 7) is 11.2. The monoisotopic (exact) mass is 409 g/mol. The fraction of sp³-hybridized carbons (Fsp3) is 0.364. The van der Waals surface area contributed by atoms with Gasteiger partial charge in [-0.05, 0) is 49.9 Å². The SMILES string of the molecule is Cc1cc(C)c(NC(=O)CSc2nnc(-c3ccncc3)n2CC(C)C)c(C)c1. The summed E-state index contributed by atoms with van der Waals surface area (Å²) in [6.07, 6.45) is 3.49. The van der Waals surface area contributed by atoms with E-state index in [0.717, 1.165) is 39.9 Å². The molecule has 7 heteroatoms. The summed E-state index contributed by atoms with van der Waals surface area (Å²) < 4.78 is 2.08. The Labute approximate surface area is 176 Å². The highest BCUT2D eigenvalue weighted by Gasteiger charge is 2.17. The highest BCUT2D eigenvalue weighted by Crippen LogP contribution is 2.26. The van der Waals surface area contributed by atoms with E-state index in [4.69, 9.17) is 0 Å². The van der Waals surface area contributed by atoms with Crippen LogP contribution in [0, 0.1) is 26.7 Å². The lowest BCUT2D eigenvalue weighted by atomic mass is 10.1. The van der Waals surface area contributed by atoms with Crippen LogP contribution in [0.5, 0.6) is 0 Å². The normalized spacial score (nSPS) is 11.1. The molecule has 0 bridgehead atoms. The zero-order valence-corrected chi connectivity index (χ0v) is 18.4. The van der Waals surface area contributed by atoms with Crippen molar-refractivity contribution in [3.8, 4) is 11.4 Å². The number of hydrogen-bond acceptors (Lipinski definition) is 5. The molecule has 3 rings (SSSR count). The number of hydrogen-bond donors (Lipinski definition) is 1. The zero-order chi connectivity index (χ0) is 21.0. The number of nitrogens with one attached hydrogen (secondary N) is 1. The predicted octanol–water partition coefficient (Wildman–Crippen LogP) is 4.65. The number of anilines is 1. The van der Waals surface area contributed by atoms with Crippen molar-refractivity contribution in [1.82, 2.24) is 19.7 Å². The molecule has 6 nitrogen and oxygen atoms in total. The molecule has 0 spiro atoms. The van der Waals surface area contributed by atoms with E-state index in [2.05, 4.69) is 58.0 Å². The molecule has 3 aromatic rings. The number of thioether (sulfide) groups is 1. The van der Waals surface area contributed by atoms with E-state index in [-0.39, 0.29) is 11.7 Å². The van der Waals surface area contributed by atoms with Crippen molar-refractivity contribution in [2.45, 2.75) is 46.3 Å². The van der Waals surface area contributed by atoms with Crippen molar-refractivity contribution in [2.75, 3.05) is 11.1 Å². The summed E-state index contributed by atoms with van der Waals surface area (Å²) in [5, 5.41) is 12.5. The van der Waals surface area contributed by atoms with Crippen molar-refractivity contribution in [2.24, 2.45) is 5.92 Å². The van der Waals surface area contributed by atoms with E-state index >= 15 is 0 Å². The van der Waals surface area contributed by atoms with Crippen molar-refractivity contribution in [3.05, 3.63) is 53.3 Å². The largest absolute Gasteiger partial charge is 0.325 e. The van der Waals surface area contributed by atoms with Gasteiger partial charge in [0.1, 0.15) is 0 Å². The number of benzene rings is 1. The first kappa shape index (κ1) is 21.0. The maximum Gasteiger partial charge on any atom is 0.234 e. The van der Waals surface area contributed by atoms with Crippen LogP contribution in [0.15, 0.2) is 41.8 Å². The van der Waals surface area contributed by atoms with Gasteiger partial charge in [0.2, 0.25) is 5.91 Å². The van der Waals surface area contributed by atoms with Crippen LogP contribution in [-0.2, 0) is 11.3 Å². The van der Waals surface area contributed by atoms with Crippen LogP contribution in [-0.4, -0.2) is 31.4 Å². The smallest absolute Gasteiger partial charge is 0.234 e. The summed E-state index contributed by atoms with van der Waals surface area (Å²) in [6, 6.07) is 8.00. The minimum Gasteiger partial charge on any atom is -0.325 e. The standard InChI is InChI=1S/C22H27N5OS/c1-14(2)12-27-21(18-6-8-23-9-7-18)25-26-22(27)29-13-19(28)24-20-16(4)10-15(3)11-17(20)5/h6-11,14H,12-13H2,1-5H3,(H,24,28). The van der Waals surface area contributed by atoms with E-state index in [9.17, 15) is 4.79 Å². The Bertz CT molecular complexity index is 975. The van der Waals surface area contributed by atoms with Crippen molar-refractivity contribution < 1.29 is 4.79 Å².